The number of aromatic nitrogens is 3. The molecule has 0 saturated heterocycles. The molecule has 6 heteroatoms. The van der Waals surface area contributed by atoms with Crippen LogP contribution in [0.2, 0.25) is 0 Å². The van der Waals surface area contributed by atoms with Crippen molar-refractivity contribution in [2.45, 2.75) is 13.0 Å². The maximum Gasteiger partial charge on any atom is 0.166 e. The zero-order valence-electron chi connectivity index (χ0n) is 12.9. The maximum atomic E-state index is 5.84. The number of hydrogen-bond acceptors (Lipinski definition) is 6. The summed E-state index contributed by atoms with van der Waals surface area (Å²) in [4.78, 5) is 12.7. The molecule has 0 fully saturated rings. The first kappa shape index (κ1) is 15.2. The molecule has 0 aliphatic carbocycles. The quantitative estimate of drug-likeness (QED) is 0.728. The van der Waals surface area contributed by atoms with Crippen molar-refractivity contribution < 1.29 is 4.74 Å². The number of fused-ring (bicyclic) bond motifs is 1. The van der Waals surface area contributed by atoms with Gasteiger partial charge in [-0.3, -0.25) is 0 Å². The summed E-state index contributed by atoms with van der Waals surface area (Å²) < 4.78 is 5.84. The number of anilines is 2. The summed E-state index contributed by atoms with van der Waals surface area (Å²) >= 11 is 0. The fourth-order valence-electron chi connectivity index (χ4n) is 2.43. The van der Waals surface area contributed by atoms with Crippen LogP contribution in [0.25, 0.3) is 11.0 Å². The minimum atomic E-state index is -0.0482. The average molecular weight is 309 g/mol. The van der Waals surface area contributed by atoms with Crippen LogP contribution in [0.15, 0.2) is 48.8 Å². The first-order chi connectivity index (χ1) is 11.3. The summed E-state index contributed by atoms with van der Waals surface area (Å²) in [6, 6.07) is 13.7. The zero-order chi connectivity index (χ0) is 16.1. The molecule has 0 saturated carbocycles. The van der Waals surface area contributed by atoms with Crippen molar-refractivity contribution in [2.75, 3.05) is 24.2 Å². The number of pyridine rings is 1. The number of nitrogens with two attached hydrogens (primary N) is 1. The highest BCUT2D eigenvalue weighted by atomic mass is 16.5. The van der Waals surface area contributed by atoms with Gasteiger partial charge in [-0.25, -0.2) is 15.0 Å². The van der Waals surface area contributed by atoms with Crippen molar-refractivity contribution in [1.29, 1.82) is 0 Å². The Labute approximate surface area is 134 Å². The van der Waals surface area contributed by atoms with E-state index >= 15 is 0 Å². The van der Waals surface area contributed by atoms with Crippen molar-refractivity contribution >= 4 is 22.7 Å². The number of hydrogen-bond donors (Lipinski definition) is 2. The van der Waals surface area contributed by atoms with Gasteiger partial charge in [0.05, 0.1) is 11.5 Å². The summed E-state index contributed by atoms with van der Waals surface area (Å²) in [5.74, 6) is 1.17. The number of nitrogen functional groups attached to an aromatic ring is 1. The van der Waals surface area contributed by atoms with Gasteiger partial charge in [-0.1, -0.05) is 30.3 Å². The van der Waals surface area contributed by atoms with Gasteiger partial charge in [-0.2, -0.15) is 0 Å². The van der Waals surface area contributed by atoms with Crippen LogP contribution in [0.4, 0.5) is 11.6 Å². The lowest BCUT2D eigenvalue weighted by atomic mass is 10.1. The predicted molar refractivity (Wildman–Crippen MR) is 91.0 cm³/mol. The van der Waals surface area contributed by atoms with Crippen molar-refractivity contribution in [3.8, 4) is 0 Å². The first-order valence-corrected chi connectivity index (χ1v) is 7.55. The fraction of sp³-hybridized carbons (Fsp3) is 0.235. The molecule has 2 heterocycles. The van der Waals surface area contributed by atoms with E-state index in [1.165, 1.54) is 6.33 Å². The topological polar surface area (TPSA) is 86.0 Å². The van der Waals surface area contributed by atoms with E-state index < -0.39 is 0 Å². The highest BCUT2D eigenvalue weighted by Crippen LogP contribution is 2.22. The summed E-state index contributed by atoms with van der Waals surface area (Å²) in [7, 11) is 0. The second-order valence-corrected chi connectivity index (χ2v) is 5.07. The van der Waals surface area contributed by atoms with E-state index in [0.29, 0.717) is 24.6 Å². The minimum Gasteiger partial charge on any atom is -0.384 e. The highest BCUT2D eigenvalue weighted by molar-refractivity contribution is 5.87. The Morgan fingerprint density at radius 2 is 1.96 bits per heavy atom. The van der Waals surface area contributed by atoms with Crippen LogP contribution in [0, 0.1) is 0 Å². The Hall–Kier alpha value is -2.73. The van der Waals surface area contributed by atoms with Crippen LogP contribution in [0.5, 0.6) is 0 Å². The molecule has 118 valence electrons. The maximum absolute atomic E-state index is 5.84. The molecule has 0 spiro atoms. The smallest absolute Gasteiger partial charge is 0.166 e. The van der Waals surface area contributed by atoms with E-state index in [0.717, 1.165) is 16.8 Å². The van der Waals surface area contributed by atoms with E-state index in [2.05, 4.69) is 32.4 Å². The molecule has 2 aromatic heterocycles. The third-order valence-electron chi connectivity index (χ3n) is 3.51. The molecule has 0 aliphatic heterocycles. The van der Waals surface area contributed by atoms with Crippen molar-refractivity contribution in [3.05, 3.63) is 54.4 Å². The molecule has 23 heavy (non-hydrogen) atoms. The molecule has 0 bridgehead atoms. The second kappa shape index (κ2) is 7.02. The fourth-order valence-corrected chi connectivity index (χ4v) is 2.43. The monoisotopic (exact) mass is 309 g/mol. The zero-order valence-corrected chi connectivity index (χ0v) is 12.9. The summed E-state index contributed by atoms with van der Waals surface area (Å²) in [5.41, 5.74) is 7.41. The number of rotatable bonds is 6. The lowest BCUT2D eigenvalue weighted by Crippen LogP contribution is -2.16. The third kappa shape index (κ3) is 3.54. The largest absolute Gasteiger partial charge is 0.384 e. The van der Waals surface area contributed by atoms with E-state index in [9.17, 15) is 0 Å². The predicted octanol–water partition coefficient (Wildman–Crippen LogP) is 2.80. The Morgan fingerprint density at radius 3 is 2.74 bits per heavy atom. The third-order valence-corrected chi connectivity index (χ3v) is 3.51. The average Bonchev–Trinajstić information content (AvgIpc) is 2.59. The standard InChI is InChI=1S/C17H19N5O/c1-2-23-14(12-6-4-3-5-7-12)10-19-16-13-8-9-15(18)22-17(13)21-11-20-16/h3-9,11,14H,2,10H2,1H3,(H3,18,19,20,21,22). The van der Waals surface area contributed by atoms with E-state index in [-0.39, 0.29) is 6.10 Å². The Kier molecular flexibility index (Phi) is 4.63. The lowest BCUT2D eigenvalue weighted by molar-refractivity contribution is 0.0718. The number of ether oxygens (including phenoxy) is 1. The van der Waals surface area contributed by atoms with Gasteiger partial charge in [-0.15, -0.1) is 0 Å². The van der Waals surface area contributed by atoms with Gasteiger partial charge in [-0.05, 0) is 24.6 Å². The van der Waals surface area contributed by atoms with Gasteiger partial charge >= 0.3 is 0 Å². The Morgan fingerprint density at radius 1 is 1.13 bits per heavy atom. The molecule has 0 amide bonds. The summed E-state index contributed by atoms with van der Waals surface area (Å²) in [6.07, 6.45) is 1.43. The van der Waals surface area contributed by atoms with Gasteiger partial charge in [0.2, 0.25) is 0 Å². The van der Waals surface area contributed by atoms with Crippen LogP contribution in [-0.4, -0.2) is 28.1 Å². The number of nitrogens with zero attached hydrogens (tertiary/aromatic N) is 3. The normalized spacial score (nSPS) is 12.2. The summed E-state index contributed by atoms with van der Waals surface area (Å²) in [5, 5.41) is 4.17. The molecule has 1 atom stereocenters. The molecule has 0 aliphatic rings. The van der Waals surface area contributed by atoms with E-state index in [4.69, 9.17) is 10.5 Å². The molecule has 3 aromatic rings. The molecular formula is C17H19N5O. The van der Waals surface area contributed by atoms with Crippen LogP contribution in [0.3, 0.4) is 0 Å². The SMILES string of the molecule is CCOC(CNc1ncnc2nc(N)ccc12)c1ccccc1. The number of nitrogens with one attached hydrogen (secondary N) is 1. The second-order valence-electron chi connectivity index (χ2n) is 5.07. The van der Waals surface area contributed by atoms with Gasteiger partial charge in [0.15, 0.2) is 5.65 Å². The van der Waals surface area contributed by atoms with Crippen molar-refractivity contribution in [3.63, 3.8) is 0 Å². The van der Waals surface area contributed by atoms with Gasteiger partial charge in [0.25, 0.3) is 0 Å². The molecule has 1 aromatic carbocycles. The van der Waals surface area contributed by atoms with Crippen molar-refractivity contribution in [1.82, 2.24) is 15.0 Å². The van der Waals surface area contributed by atoms with Crippen LogP contribution < -0.4 is 11.1 Å². The molecule has 1 unspecified atom stereocenters. The van der Waals surface area contributed by atoms with Gasteiger partial charge in [0.1, 0.15) is 18.0 Å². The molecule has 3 N–H and O–H groups in total. The van der Waals surface area contributed by atoms with Gasteiger partial charge in [0, 0.05) is 13.2 Å². The summed E-state index contributed by atoms with van der Waals surface area (Å²) in [6.45, 7) is 3.24. The van der Waals surface area contributed by atoms with Crippen LogP contribution >= 0.6 is 0 Å². The Balaban J connectivity index is 1.81. The van der Waals surface area contributed by atoms with Crippen LogP contribution in [0.1, 0.15) is 18.6 Å². The first-order valence-electron chi connectivity index (χ1n) is 7.55. The van der Waals surface area contributed by atoms with Gasteiger partial charge < -0.3 is 15.8 Å². The van der Waals surface area contributed by atoms with Crippen LogP contribution in [-0.2, 0) is 4.74 Å². The highest BCUT2D eigenvalue weighted by Gasteiger charge is 2.12. The molecule has 0 radical (unpaired) electrons. The van der Waals surface area contributed by atoms with Crippen molar-refractivity contribution in [2.24, 2.45) is 0 Å². The Bertz CT molecular complexity index is 778. The van der Waals surface area contributed by atoms with E-state index in [1.807, 2.05) is 31.2 Å². The molecule has 6 nitrogen and oxygen atoms in total. The molecule has 3 rings (SSSR count). The lowest BCUT2D eigenvalue weighted by Gasteiger charge is -2.19. The number of benzene rings is 1. The van der Waals surface area contributed by atoms with E-state index in [1.54, 1.807) is 6.07 Å². The minimum absolute atomic E-state index is 0.0482. The molecular weight excluding hydrogens is 290 g/mol.